The molecular weight excluding hydrogens is 316 g/mol. The van der Waals surface area contributed by atoms with E-state index in [0.717, 1.165) is 43.4 Å². The van der Waals surface area contributed by atoms with Gasteiger partial charge in [0.1, 0.15) is 5.75 Å². The third kappa shape index (κ3) is 4.29. The van der Waals surface area contributed by atoms with E-state index >= 15 is 0 Å². The maximum absolute atomic E-state index is 5.47. The Morgan fingerprint density at radius 3 is 2.40 bits per heavy atom. The van der Waals surface area contributed by atoms with Gasteiger partial charge >= 0.3 is 0 Å². The van der Waals surface area contributed by atoms with Crippen LogP contribution in [0.2, 0.25) is 0 Å². The fourth-order valence-corrected chi connectivity index (χ4v) is 2.91. The van der Waals surface area contributed by atoms with Crippen LogP contribution in [0.1, 0.15) is 20.8 Å². The molecular formula is C18H26N6O. The number of hydrogen-bond donors (Lipinski definition) is 1. The second-order valence-corrected chi connectivity index (χ2v) is 7.16. The predicted molar refractivity (Wildman–Crippen MR) is 101 cm³/mol. The third-order valence-corrected chi connectivity index (χ3v) is 4.04. The summed E-state index contributed by atoms with van der Waals surface area (Å²) in [6.45, 7) is 9.76. The van der Waals surface area contributed by atoms with Crippen LogP contribution in [0.4, 0.5) is 17.5 Å². The van der Waals surface area contributed by atoms with E-state index in [0.29, 0.717) is 5.95 Å². The van der Waals surface area contributed by atoms with Crippen LogP contribution in [0.15, 0.2) is 30.5 Å². The molecule has 1 fully saturated rings. The van der Waals surface area contributed by atoms with E-state index in [-0.39, 0.29) is 5.54 Å². The van der Waals surface area contributed by atoms with Crippen LogP contribution in [0.5, 0.6) is 5.75 Å². The number of ether oxygens (including phenoxy) is 1. The molecule has 1 N–H and O–H groups in total. The lowest BCUT2D eigenvalue weighted by Gasteiger charge is -2.36. The number of hydrogen-bond acceptors (Lipinski definition) is 7. The first kappa shape index (κ1) is 17.3. The minimum Gasteiger partial charge on any atom is -0.495 e. The molecule has 0 unspecified atom stereocenters. The Bertz CT molecular complexity index is 707. The minimum atomic E-state index is -0.0597. The summed E-state index contributed by atoms with van der Waals surface area (Å²) in [4.78, 5) is 9.12. The Kier molecular flexibility index (Phi) is 4.92. The Balaban J connectivity index is 1.67. The van der Waals surface area contributed by atoms with Crippen LogP contribution in [-0.4, -0.2) is 54.0 Å². The first-order valence-electron chi connectivity index (χ1n) is 8.57. The molecule has 2 aromatic rings. The molecule has 1 aromatic carbocycles. The number of para-hydroxylation sites is 2. The Morgan fingerprint density at radius 2 is 1.72 bits per heavy atom. The molecule has 134 valence electrons. The number of aromatic nitrogens is 3. The van der Waals surface area contributed by atoms with E-state index in [1.54, 1.807) is 13.3 Å². The Hall–Kier alpha value is -2.57. The molecule has 1 aromatic heterocycles. The molecule has 0 radical (unpaired) electrons. The number of anilines is 3. The molecule has 0 bridgehead atoms. The number of nitrogens with one attached hydrogen (secondary N) is 1. The summed E-state index contributed by atoms with van der Waals surface area (Å²) < 4.78 is 5.47. The summed E-state index contributed by atoms with van der Waals surface area (Å²) in [5.74, 6) is 2.34. The van der Waals surface area contributed by atoms with E-state index in [1.807, 2.05) is 18.2 Å². The van der Waals surface area contributed by atoms with E-state index in [1.165, 1.54) is 0 Å². The van der Waals surface area contributed by atoms with Gasteiger partial charge in [0.15, 0.2) is 5.82 Å². The molecule has 3 rings (SSSR count). The van der Waals surface area contributed by atoms with Gasteiger partial charge in [-0.3, -0.25) is 0 Å². The van der Waals surface area contributed by atoms with Crippen molar-refractivity contribution in [3.63, 3.8) is 0 Å². The summed E-state index contributed by atoms with van der Waals surface area (Å²) in [5.41, 5.74) is 1.07. The molecule has 1 aliphatic rings. The van der Waals surface area contributed by atoms with Gasteiger partial charge in [0, 0.05) is 31.7 Å². The lowest BCUT2D eigenvalue weighted by atomic mass is 10.1. The van der Waals surface area contributed by atoms with Crippen LogP contribution in [0.25, 0.3) is 0 Å². The second-order valence-electron chi connectivity index (χ2n) is 7.16. The van der Waals surface area contributed by atoms with E-state index in [2.05, 4.69) is 57.1 Å². The smallest absolute Gasteiger partial charge is 0.247 e. The van der Waals surface area contributed by atoms with Gasteiger partial charge < -0.3 is 19.9 Å². The van der Waals surface area contributed by atoms with Gasteiger partial charge in [0.2, 0.25) is 5.95 Å². The number of methoxy groups -OCH3 is 1. The van der Waals surface area contributed by atoms with E-state index in [9.17, 15) is 0 Å². The highest BCUT2D eigenvalue weighted by atomic mass is 16.5. The van der Waals surface area contributed by atoms with Crippen molar-refractivity contribution in [1.29, 1.82) is 0 Å². The summed E-state index contributed by atoms with van der Waals surface area (Å²) in [7, 11) is 1.71. The summed E-state index contributed by atoms with van der Waals surface area (Å²) in [5, 5.41) is 11.6. The molecule has 0 spiro atoms. The molecule has 7 heteroatoms. The molecule has 0 amide bonds. The second kappa shape index (κ2) is 7.13. The highest BCUT2D eigenvalue weighted by Gasteiger charge is 2.22. The first-order valence-corrected chi connectivity index (χ1v) is 8.57. The third-order valence-electron chi connectivity index (χ3n) is 4.04. The van der Waals surface area contributed by atoms with Crippen LogP contribution in [0.3, 0.4) is 0 Å². The van der Waals surface area contributed by atoms with E-state index < -0.39 is 0 Å². The SMILES string of the molecule is COc1ccccc1N1CCN(c2nncc(NC(C)(C)C)n2)CC1. The molecule has 7 nitrogen and oxygen atoms in total. The van der Waals surface area contributed by atoms with Crippen molar-refractivity contribution < 1.29 is 4.74 Å². The monoisotopic (exact) mass is 342 g/mol. The molecule has 25 heavy (non-hydrogen) atoms. The zero-order valence-electron chi connectivity index (χ0n) is 15.4. The molecule has 1 saturated heterocycles. The normalized spacial score (nSPS) is 15.2. The highest BCUT2D eigenvalue weighted by Crippen LogP contribution is 2.28. The maximum Gasteiger partial charge on any atom is 0.247 e. The number of rotatable bonds is 4. The minimum absolute atomic E-state index is 0.0597. The topological polar surface area (TPSA) is 66.4 Å². The summed E-state index contributed by atoms with van der Waals surface area (Å²) in [6, 6.07) is 8.13. The van der Waals surface area contributed by atoms with Gasteiger partial charge in [0.05, 0.1) is 19.0 Å². The van der Waals surface area contributed by atoms with Crippen LogP contribution in [-0.2, 0) is 0 Å². The van der Waals surface area contributed by atoms with Crippen molar-refractivity contribution in [1.82, 2.24) is 15.2 Å². The molecule has 0 aliphatic carbocycles. The van der Waals surface area contributed by atoms with Crippen LogP contribution in [0, 0.1) is 0 Å². The summed E-state index contributed by atoms with van der Waals surface area (Å²) >= 11 is 0. The first-order chi connectivity index (χ1) is 12.0. The molecule has 1 aliphatic heterocycles. The number of piperazine rings is 1. The van der Waals surface area contributed by atoms with E-state index in [4.69, 9.17) is 4.74 Å². The maximum atomic E-state index is 5.47. The van der Waals surface area contributed by atoms with Crippen LogP contribution >= 0.6 is 0 Å². The predicted octanol–water partition coefficient (Wildman–Crippen LogP) is 2.42. The fourth-order valence-electron chi connectivity index (χ4n) is 2.91. The zero-order valence-corrected chi connectivity index (χ0v) is 15.4. The Morgan fingerprint density at radius 1 is 1.04 bits per heavy atom. The van der Waals surface area contributed by atoms with Crippen molar-refractivity contribution in [2.75, 3.05) is 48.4 Å². The van der Waals surface area contributed by atoms with Gasteiger partial charge in [-0.05, 0) is 32.9 Å². The van der Waals surface area contributed by atoms with Gasteiger partial charge in [-0.2, -0.15) is 10.1 Å². The van der Waals surface area contributed by atoms with Crippen molar-refractivity contribution in [3.8, 4) is 5.75 Å². The average Bonchev–Trinajstić information content (AvgIpc) is 2.60. The van der Waals surface area contributed by atoms with Crippen molar-refractivity contribution in [2.24, 2.45) is 0 Å². The van der Waals surface area contributed by atoms with Crippen molar-refractivity contribution in [3.05, 3.63) is 30.5 Å². The van der Waals surface area contributed by atoms with Gasteiger partial charge in [-0.15, -0.1) is 5.10 Å². The number of benzene rings is 1. The largest absolute Gasteiger partial charge is 0.495 e. The molecule has 0 atom stereocenters. The number of nitrogens with zero attached hydrogens (tertiary/aromatic N) is 5. The highest BCUT2D eigenvalue weighted by molar-refractivity contribution is 5.59. The van der Waals surface area contributed by atoms with Crippen LogP contribution < -0.4 is 19.9 Å². The lowest BCUT2D eigenvalue weighted by molar-refractivity contribution is 0.413. The van der Waals surface area contributed by atoms with Gasteiger partial charge in [0.25, 0.3) is 0 Å². The summed E-state index contributed by atoms with van der Waals surface area (Å²) in [6.07, 6.45) is 1.67. The standard InChI is InChI=1S/C18H26N6O/c1-18(2,3)21-16-13-19-22-17(20-16)24-11-9-23(10-12-24)14-7-5-6-8-15(14)25-4/h5-8,13H,9-12H2,1-4H3,(H,20,21,22). The van der Waals surface area contributed by atoms with Gasteiger partial charge in [-0.1, -0.05) is 12.1 Å². The zero-order chi connectivity index (χ0) is 17.9. The average molecular weight is 342 g/mol. The molecule has 2 heterocycles. The lowest BCUT2D eigenvalue weighted by Crippen LogP contribution is -2.47. The van der Waals surface area contributed by atoms with Gasteiger partial charge in [-0.25, -0.2) is 0 Å². The molecule has 0 saturated carbocycles. The van der Waals surface area contributed by atoms with Crippen molar-refractivity contribution in [2.45, 2.75) is 26.3 Å². The van der Waals surface area contributed by atoms with Crippen molar-refractivity contribution >= 4 is 17.5 Å². The quantitative estimate of drug-likeness (QED) is 0.915. The Labute approximate surface area is 149 Å². The fraction of sp³-hybridized carbons (Fsp3) is 0.500.